The minimum Gasteiger partial charge on any atom is -0.340 e. The zero-order valence-electron chi connectivity index (χ0n) is 17.1. The molecule has 4 aromatic rings. The van der Waals surface area contributed by atoms with Gasteiger partial charge in [0.05, 0.1) is 0 Å². The lowest BCUT2D eigenvalue weighted by molar-refractivity contribution is 0.101. The number of amides is 1. The average molecular weight is 431 g/mol. The van der Waals surface area contributed by atoms with Crippen LogP contribution in [0.15, 0.2) is 78.9 Å². The molecule has 1 heterocycles. The van der Waals surface area contributed by atoms with E-state index in [2.05, 4.69) is 25.9 Å². The number of halogens is 2. The minimum atomic E-state index is -0.919. The van der Waals surface area contributed by atoms with Crippen molar-refractivity contribution in [3.8, 4) is 0 Å². The number of para-hydroxylation sites is 1. The molecular formula is C24H19F2N5O. The number of hydrogen-bond donors (Lipinski definition) is 3. The van der Waals surface area contributed by atoms with Gasteiger partial charge in [0, 0.05) is 28.8 Å². The molecule has 0 bridgehead atoms. The van der Waals surface area contributed by atoms with Crippen LogP contribution in [0.25, 0.3) is 0 Å². The number of nitrogens with zero attached hydrogens (tertiary/aromatic N) is 2. The van der Waals surface area contributed by atoms with Gasteiger partial charge in [-0.2, -0.15) is 4.98 Å². The zero-order valence-corrected chi connectivity index (χ0v) is 17.1. The van der Waals surface area contributed by atoms with Crippen LogP contribution in [0.1, 0.15) is 16.1 Å². The number of aryl methyl sites for hydroxylation is 1. The van der Waals surface area contributed by atoms with Crippen molar-refractivity contribution >= 4 is 34.7 Å². The molecule has 1 amide bonds. The van der Waals surface area contributed by atoms with Crippen LogP contribution in [-0.2, 0) is 0 Å². The van der Waals surface area contributed by atoms with Crippen molar-refractivity contribution in [2.45, 2.75) is 6.92 Å². The lowest BCUT2D eigenvalue weighted by Gasteiger charge is -2.11. The summed E-state index contributed by atoms with van der Waals surface area (Å²) in [5.74, 6) is -1.66. The monoisotopic (exact) mass is 431 g/mol. The fraction of sp³-hybridized carbons (Fsp3) is 0.0417. The fourth-order valence-corrected chi connectivity index (χ4v) is 3.03. The standard InChI is InChI=1S/C24H19F2N5O/c1-15-14-21(28-16-6-3-2-4-7-16)31-24(27-15)30-18-12-10-17(11-13-18)29-23(32)22-19(25)8-5-9-20(22)26/h2-14H,1H3,(H,29,32)(H2,27,28,30,31). The first kappa shape index (κ1) is 20.9. The van der Waals surface area contributed by atoms with E-state index in [1.165, 1.54) is 6.07 Å². The lowest BCUT2D eigenvalue weighted by atomic mass is 10.1. The third-order valence-electron chi connectivity index (χ3n) is 4.49. The molecule has 0 aliphatic heterocycles. The predicted octanol–water partition coefficient (Wildman–Crippen LogP) is 5.80. The highest BCUT2D eigenvalue weighted by Gasteiger charge is 2.17. The molecule has 3 aromatic carbocycles. The third kappa shape index (κ3) is 5.04. The average Bonchev–Trinajstić information content (AvgIpc) is 2.75. The molecule has 0 atom stereocenters. The number of carbonyl (C=O) groups excluding carboxylic acids is 1. The molecule has 0 spiro atoms. The fourth-order valence-electron chi connectivity index (χ4n) is 3.03. The minimum absolute atomic E-state index is 0.389. The van der Waals surface area contributed by atoms with Crippen LogP contribution < -0.4 is 16.0 Å². The Morgan fingerprint density at radius 3 is 2.06 bits per heavy atom. The summed E-state index contributed by atoms with van der Waals surface area (Å²) in [6.45, 7) is 1.86. The van der Waals surface area contributed by atoms with Gasteiger partial charge in [-0.25, -0.2) is 13.8 Å². The normalized spacial score (nSPS) is 10.5. The summed E-state index contributed by atoms with van der Waals surface area (Å²) in [4.78, 5) is 21.1. The predicted molar refractivity (Wildman–Crippen MR) is 121 cm³/mol. The van der Waals surface area contributed by atoms with Crippen molar-refractivity contribution in [1.82, 2.24) is 9.97 Å². The van der Waals surface area contributed by atoms with Gasteiger partial charge in [0.25, 0.3) is 5.91 Å². The second-order valence-electron chi connectivity index (χ2n) is 6.96. The van der Waals surface area contributed by atoms with Crippen LogP contribution in [0, 0.1) is 18.6 Å². The quantitative estimate of drug-likeness (QED) is 0.359. The molecule has 0 unspecified atom stereocenters. The van der Waals surface area contributed by atoms with Crippen LogP contribution in [0.5, 0.6) is 0 Å². The molecule has 3 N–H and O–H groups in total. The molecular weight excluding hydrogens is 412 g/mol. The van der Waals surface area contributed by atoms with E-state index in [0.29, 0.717) is 23.1 Å². The Balaban J connectivity index is 1.45. The third-order valence-corrected chi connectivity index (χ3v) is 4.49. The number of benzene rings is 3. The maximum Gasteiger partial charge on any atom is 0.261 e. The van der Waals surface area contributed by atoms with E-state index in [1.807, 2.05) is 43.3 Å². The summed E-state index contributed by atoms with van der Waals surface area (Å²) in [6, 6.07) is 21.4. The molecule has 0 radical (unpaired) electrons. The molecule has 0 aliphatic rings. The van der Waals surface area contributed by atoms with Crippen molar-refractivity contribution in [1.29, 1.82) is 0 Å². The first-order valence-electron chi connectivity index (χ1n) is 9.78. The molecule has 0 saturated carbocycles. The number of rotatable bonds is 6. The van der Waals surface area contributed by atoms with Gasteiger partial charge in [-0.1, -0.05) is 24.3 Å². The molecule has 0 aliphatic carbocycles. The van der Waals surface area contributed by atoms with Crippen LogP contribution >= 0.6 is 0 Å². The largest absolute Gasteiger partial charge is 0.340 e. The molecule has 1 aromatic heterocycles. The first-order chi connectivity index (χ1) is 15.5. The lowest BCUT2D eigenvalue weighted by Crippen LogP contribution is -2.15. The highest BCUT2D eigenvalue weighted by Crippen LogP contribution is 2.21. The second-order valence-corrected chi connectivity index (χ2v) is 6.96. The maximum atomic E-state index is 13.8. The van der Waals surface area contributed by atoms with Crippen molar-refractivity contribution < 1.29 is 13.6 Å². The molecule has 4 rings (SSSR count). The Morgan fingerprint density at radius 1 is 0.750 bits per heavy atom. The topological polar surface area (TPSA) is 78.9 Å². The molecule has 8 heteroatoms. The van der Waals surface area contributed by atoms with Gasteiger partial charge >= 0.3 is 0 Å². The number of nitrogens with one attached hydrogen (secondary N) is 3. The summed E-state index contributed by atoms with van der Waals surface area (Å²) < 4.78 is 27.6. The molecule has 0 fully saturated rings. The first-order valence-corrected chi connectivity index (χ1v) is 9.78. The Labute approximate surface area is 183 Å². The van der Waals surface area contributed by atoms with Crippen molar-refractivity contribution in [3.05, 3.63) is 102 Å². The van der Waals surface area contributed by atoms with Crippen LogP contribution in [0.2, 0.25) is 0 Å². The van der Waals surface area contributed by atoms with Crippen molar-refractivity contribution in [2.75, 3.05) is 16.0 Å². The van der Waals surface area contributed by atoms with Gasteiger partial charge < -0.3 is 16.0 Å². The molecule has 160 valence electrons. The second kappa shape index (κ2) is 9.22. The van der Waals surface area contributed by atoms with E-state index in [1.54, 1.807) is 24.3 Å². The number of aromatic nitrogens is 2. The highest BCUT2D eigenvalue weighted by atomic mass is 19.1. The van der Waals surface area contributed by atoms with Gasteiger partial charge in [-0.15, -0.1) is 0 Å². The number of anilines is 5. The number of carbonyl (C=O) groups is 1. The molecule has 6 nitrogen and oxygen atoms in total. The van der Waals surface area contributed by atoms with Crippen LogP contribution in [0.4, 0.5) is 37.6 Å². The Bertz CT molecular complexity index is 1230. The van der Waals surface area contributed by atoms with E-state index in [-0.39, 0.29) is 0 Å². The number of hydrogen-bond acceptors (Lipinski definition) is 5. The Kier molecular flexibility index (Phi) is 6.03. The summed E-state index contributed by atoms with van der Waals surface area (Å²) in [5, 5.41) is 8.82. The molecule has 32 heavy (non-hydrogen) atoms. The van der Waals surface area contributed by atoms with Crippen LogP contribution in [-0.4, -0.2) is 15.9 Å². The van der Waals surface area contributed by atoms with E-state index < -0.39 is 23.1 Å². The molecule has 0 saturated heterocycles. The zero-order chi connectivity index (χ0) is 22.5. The summed E-state index contributed by atoms with van der Waals surface area (Å²) in [7, 11) is 0. The van der Waals surface area contributed by atoms with E-state index in [0.717, 1.165) is 23.5 Å². The van der Waals surface area contributed by atoms with Gasteiger partial charge in [0.15, 0.2) is 0 Å². The SMILES string of the molecule is Cc1cc(Nc2ccccc2)nc(Nc2ccc(NC(=O)c3c(F)cccc3F)cc2)n1. The Morgan fingerprint density at radius 2 is 1.38 bits per heavy atom. The smallest absolute Gasteiger partial charge is 0.261 e. The van der Waals surface area contributed by atoms with E-state index >= 15 is 0 Å². The van der Waals surface area contributed by atoms with Gasteiger partial charge in [-0.3, -0.25) is 4.79 Å². The van der Waals surface area contributed by atoms with Crippen LogP contribution in [0.3, 0.4) is 0 Å². The van der Waals surface area contributed by atoms with Gasteiger partial charge in [0.2, 0.25) is 5.95 Å². The van der Waals surface area contributed by atoms with E-state index in [9.17, 15) is 13.6 Å². The van der Waals surface area contributed by atoms with Crippen molar-refractivity contribution in [3.63, 3.8) is 0 Å². The maximum absolute atomic E-state index is 13.8. The van der Waals surface area contributed by atoms with Gasteiger partial charge in [-0.05, 0) is 55.5 Å². The summed E-state index contributed by atoms with van der Waals surface area (Å²) in [6.07, 6.45) is 0. The van der Waals surface area contributed by atoms with Gasteiger partial charge in [0.1, 0.15) is 23.0 Å². The summed E-state index contributed by atoms with van der Waals surface area (Å²) >= 11 is 0. The Hall–Kier alpha value is -4.33. The highest BCUT2D eigenvalue weighted by molar-refractivity contribution is 6.04. The summed E-state index contributed by atoms with van der Waals surface area (Å²) in [5.41, 5.74) is 2.12. The van der Waals surface area contributed by atoms with Crippen molar-refractivity contribution in [2.24, 2.45) is 0 Å². The van der Waals surface area contributed by atoms with E-state index in [4.69, 9.17) is 0 Å².